The fourth-order valence-corrected chi connectivity index (χ4v) is 1.99. The lowest BCUT2D eigenvalue weighted by Gasteiger charge is -2.07. The number of carbonyl (C=O) groups is 2. The second-order valence-corrected chi connectivity index (χ2v) is 5.40. The van der Waals surface area contributed by atoms with Gasteiger partial charge in [0.2, 0.25) is 5.91 Å². The van der Waals surface area contributed by atoms with Crippen molar-refractivity contribution < 1.29 is 9.59 Å². The zero-order valence-corrected chi connectivity index (χ0v) is 12.1. The Balaban J connectivity index is 1.81. The van der Waals surface area contributed by atoms with Crippen molar-refractivity contribution >= 4 is 29.1 Å². The second kappa shape index (κ2) is 7.29. The number of hydrogen-bond donors (Lipinski definition) is 2. The van der Waals surface area contributed by atoms with Crippen molar-refractivity contribution in [1.29, 1.82) is 0 Å². The summed E-state index contributed by atoms with van der Waals surface area (Å²) in [5.74, 6) is 0.510. The molecule has 20 heavy (non-hydrogen) atoms. The molecule has 1 fully saturated rings. The first-order valence-corrected chi connectivity index (χ1v) is 7.49. The summed E-state index contributed by atoms with van der Waals surface area (Å²) in [5, 5.41) is 5.73. The fraction of sp³-hybridized carbons (Fsp3) is 0.467. The van der Waals surface area contributed by atoms with Crippen LogP contribution in [0.2, 0.25) is 0 Å². The lowest BCUT2D eigenvalue weighted by atomic mass is 10.2. The Kier molecular flexibility index (Phi) is 5.41. The summed E-state index contributed by atoms with van der Waals surface area (Å²) >= 11 is 5.56. The second-order valence-electron chi connectivity index (χ2n) is 5.02. The molecule has 4 nitrogen and oxygen atoms in total. The van der Waals surface area contributed by atoms with Gasteiger partial charge >= 0.3 is 0 Å². The van der Waals surface area contributed by atoms with Gasteiger partial charge in [-0.2, -0.15) is 0 Å². The molecule has 2 rings (SSSR count). The molecule has 0 bridgehead atoms. The van der Waals surface area contributed by atoms with Gasteiger partial charge in [0.05, 0.1) is 0 Å². The van der Waals surface area contributed by atoms with E-state index in [9.17, 15) is 9.59 Å². The first-order chi connectivity index (χ1) is 9.69. The molecule has 108 valence electrons. The van der Waals surface area contributed by atoms with E-state index in [4.69, 9.17) is 11.6 Å². The number of carbonyl (C=O) groups excluding carboxylic acids is 2. The number of anilines is 1. The first-order valence-electron chi connectivity index (χ1n) is 6.96. The minimum absolute atomic E-state index is 0.0229. The number of rotatable bonds is 7. The van der Waals surface area contributed by atoms with E-state index in [0.29, 0.717) is 29.6 Å². The lowest BCUT2D eigenvalue weighted by Crippen LogP contribution is -2.25. The van der Waals surface area contributed by atoms with E-state index in [1.165, 1.54) is 0 Å². The monoisotopic (exact) mass is 294 g/mol. The number of unbranched alkanes of at least 4 members (excludes halogenated alkanes) is 1. The van der Waals surface area contributed by atoms with Crippen LogP contribution in [0.3, 0.4) is 0 Å². The van der Waals surface area contributed by atoms with Gasteiger partial charge in [0.15, 0.2) is 0 Å². The van der Waals surface area contributed by atoms with E-state index in [1.807, 2.05) is 0 Å². The summed E-state index contributed by atoms with van der Waals surface area (Å²) in [7, 11) is 0. The summed E-state index contributed by atoms with van der Waals surface area (Å²) < 4.78 is 0. The molecule has 1 aliphatic rings. The molecule has 1 saturated carbocycles. The van der Waals surface area contributed by atoms with Gasteiger partial charge in [0.1, 0.15) is 0 Å². The Bertz CT molecular complexity index is 469. The van der Waals surface area contributed by atoms with Crippen molar-refractivity contribution in [2.24, 2.45) is 0 Å². The maximum atomic E-state index is 11.8. The standard InChI is InChI=1S/C15H19ClN2O2/c16-10-2-1-3-14(19)17-12-6-4-11(5-7-12)15(20)18-13-8-9-13/h4-7,13H,1-3,8-10H2,(H,17,19)(H,18,20). The Morgan fingerprint density at radius 1 is 1.15 bits per heavy atom. The molecule has 0 aliphatic heterocycles. The van der Waals surface area contributed by atoms with Crippen molar-refractivity contribution in [2.45, 2.75) is 38.1 Å². The van der Waals surface area contributed by atoms with Gasteiger partial charge in [0.25, 0.3) is 5.91 Å². The number of nitrogens with one attached hydrogen (secondary N) is 2. The number of halogens is 1. The van der Waals surface area contributed by atoms with Gasteiger partial charge in [-0.05, 0) is 49.9 Å². The van der Waals surface area contributed by atoms with Crippen molar-refractivity contribution in [2.75, 3.05) is 11.2 Å². The summed E-state index contributed by atoms with van der Waals surface area (Å²) in [6.45, 7) is 0. The lowest BCUT2D eigenvalue weighted by molar-refractivity contribution is -0.116. The third kappa shape index (κ3) is 4.85. The molecule has 0 atom stereocenters. The van der Waals surface area contributed by atoms with E-state index in [1.54, 1.807) is 24.3 Å². The molecule has 0 unspecified atom stereocenters. The summed E-state index contributed by atoms with van der Waals surface area (Å²) in [4.78, 5) is 23.4. The highest BCUT2D eigenvalue weighted by molar-refractivity contribution is 6.17. The highest BCUT2D eigenvalue weighted by Gasteiger charge is 2.23. The zero-order chi connectivity index (χ0) is 14.4. The molecule has 0 spiro atoms. The van der Waals surface area contributed by atoms with Gasteiger partial charge in [-0.15, -0.1) is 11.6 Å². The fourth-order valence-electron chi connectivity index (χ4n) is 1.80. The van der Waals surface area contributed by atoms with Gasteiger partial charge in [-0.1, -0.05) is 0 Å². The Morgan fingerprint density at radius 2 is 1.85 bits per heavy atom. The molecule has 0 aromatic heterocycles. The quantitative estimate of drug-likeness (QED) is 0.600. The molecule has 2 amide bonds. The number of amides is 2. The predicted octanol–water partition coefficient (Wildman–Crippen LogP) is 2.93. The van der Waals surface area contributed by atoms with Crippen molar-refractivity contribution in [3.63, 3.8) is 0 Å². The molecule has 5 heteroatoms. The topological polar surface area (TPSA) is 58.2 Å². The van der Waals surface area contributed by atoms with Gasteiger partial charge in [0, 0.05) is 29.6 Å². The molecule has 1 aromatic rings. The van der Waals surface area contributed by atoms with Crippen LogP contribution < -0.4 is 10.6 Å². The minimum atomic E-state index is -0.0486. The van der Waals surface area contributed by atoms with Crippen LogP contribution in [-0.2, 0) is 4.79 Å². The highest BCUT2D eigenvalue weighted by Crippen LogP contribution is 2.19. The maximum absolute atomic E-state index is 11.8. The molecular formula is C15H19ClN2O2. The van der Waals surface area contributed by atoms with E-state index in [2.05, 4.69) is 10.6 Å². The summed E-state index contributed by atoms with van der Waals surface area (Å²) in [6.07, 6.45) is 4.24. The first kappa shape index (κ1) is 14.9. The SMILES string of the molecule is O=C(CCCCCl)Nc1ccc(C(=O)NC2CC2)cc1. The van der Waals surface area contributed by atoms with Crippen LogP contribution in [0.15, 0.2) is 24.3 Å². The summed E-state index contributed by atoms with van der Waals surface area (Å²) in [6, 6.07) is 7.31. The predicted molar refractivity (Wildman–Crippen MR) is 80.1 cm³/mol. The Morgan fingerprint density at radius 3 is 2.45 bits per heavy atom. The van der Waals surface area contributed by atoms with Crippen LogP contribution in [0.5, 0.6) is 0 Å². The summed E-state index contributed by atoms with van der Waals surface area (Å²) in [5.41, 5.74) is 1.33. The largest absolute Gasteiger partial charge is 0.349 e. The van der Waals surface area contributed by atoms with Crippen molar-refractivity contribution in [3.8, 4) is 0 Å². The highest BCUT2D eigenvalue weighted by atomic mass is 35.5. The normalized spacial score (nSPS) is 13.8. The third-order valence-electron chi connectivity index (χ3n) is 3.13. The van der Waals surface area contributed by atoms with Crippen LogP contribution in [0.4, 0.5) is 5.69 Å². The van der Waals surface area contributed by atoms with E-state index < -0.39 is 0 Å². The van der Waals surface area contributed by atoms with Gasteiger partial charge < -0.3 is 10.6 Å². The number of benzene rings is 1. The van der Waals surface area contributed by atoms with Gasteiger partial charge in [-0.3, -0.25) is 9.59 Å². The van der Waals surface area contributed by atoms with Crippen LogP contribution in [0.1, 0.15) is 42.5 Å². The number of hydrogen-bond acceptors (Lipinski definition) is 2. The number of alkyl halides is 1. The van der Waals surface area contributed by atoms with Crippen molar-refractivity contribution in [3.05, 3.63) is 29.8 Å². The minimum Gasteiger partial charge on any atom is -0.349 e. The van der Waals surface area contributed by atoms with Crippen LogP contribution in [-0.4, -0.2) is 23.7 Å². The van der Waals surface area contributed by atoms with Gasteiger partial charge in [-0.25, -0.2) is 0 Å². The molecular weight excluding hydrogens is 276 g/mol. The maximum Gasteiger partial charge on any atom is 0.251 e. The third-order valence-corrected chi connectivity index (χ3v) is 3.40. The Labute approximate surface area is 123 Å². The molecule has 0 heterocycles. The molecule has 0 saturated heterocycles. The Hall–Kier alpha value is -1.55. The van der Waals surface area contributed by atoms with E-state index >= 15 is 0 Å². The van der Waals surface area contributed by atoms with E-state index in [-0.39, 0.29) is 11.8 Å². The van der Waals surface area contributed by atoms with Crippen LogP contribution >= 0.6 is 11.6 Å². The molecule has 1 aromatic carbocycles. The van der Waals surface area contributed by atoms with E-state index in [0.717, 1.165) is 25.7 Å². The smallest absolute Gasteiger partial charge is 0.251 e. The molecule has 1 aliphatic carbocycles. The average molecular weight is 295 g/mol. The zero-order valence-electron chi connectivity index (χ0n) is 11.3. The van der Waals surface area contributed by atoms with Crippen molar-refractivity contribution in [1.82, 2.24) is 5.32 Å². The van der Waals surface area contributed by atoms with Crippen LogP contribution in [0, 0.1) is 0 Å². The molecule has 2 N–H and O–H groups in total. The average Bonchev–Trinajstić information content (AvgIpc) is 3.24. The van der Waals surface area contributed by atoms with Crippen LogP contribution in [0.25, 0.3) is 0 Å². The molecule has 0 radical (unpaired) electrons.